The zero-order chi connectivity index (χ0) is 24.9. The number of aliphatic hydroxyl groups excluding tert-OH is 1. The quantitative estimate of drug-likeness (QED) is 0.492. The van der Waals surface area contributed by atoms with Gasteiger partial charge in [0.25, 0.3) is 0 Å². The molecule has 2 heterocycles. The van der Waals surface area contributed by atoms with Crippen molar-refractivity contribution in [1.29, 1.82) is 0 Å². The van der Waals surface area contributed by atoms with Gasteiger partial charge in [-0.15, -0.1) is 0 Å². The zero-order valence-electron chi connectivity index (χ0n) is 20.4. The smallest absolute Gasteiger partial charge is 0.227 e. The van der Waals surface area contributed by atoms with Crippen LogP contribution in [0.15, 0.2) is 72.8 Å². The molecule has 1 amide bonds. The average Bonchev–Trinajstić information content (AvgIpc) is 2.91. The number of halogens is 1. The van der Waals surface area contributed by atoms with E-state index in [0.717, 1.165) is 43.0 Å². The minimum Gasteiger partial charge on any atom is -0.489 e. The Morgan fingerprint density at radius 1 is 0.889 bits per heavy atom. The number of benzene rings is 3. The molecule has 6 nitrogen and oxygen atoms in total. The lowest BCUT2D eigenvalue weighted by Gasteiger charge is -2.37. The SMILES string of the molecule is O=C1CCc2c(Cl)ccc(OCC(O)CN3CCN(c4ccccc4)CC3)c2N1Cc1ccccc1. The zero-order valence-corrected chi connectivity index (χ0v) is 21.1. The van der Waals surface area contributed by atoms with Gasteiger partial charge >= 0.3 is 0 Å². The molecule has 1 saturated heterocycles. The van der Waals surface area contributed by atoms with Crippen LogP contribution < -0.4 is 14.5 Å². The van der Waals surface area contributed by atoms with Crippen LogP contribution >= 0.6 is 11.6 Å². The fraction of sp³-hybridized carbons (Fsp3) is 0.345. The van der Waals surface area contributed by atoms with Gasteiger partial charge in [0.2, 0.25) is 5.91 Å². The van der Waals surface area contributed by atoms with E-state index >= 15 is 0 Å². The van der Waals surface area contributed by atoms with E-state index in [-0.39, 0.29) is 12.5 Å². The Morgan fingerprint density at radius 2 is 1.58 bits per heavy atom. The molecule has 1 N–H and O–H groups in total. The van der Waals surface area contributed by atoms with Crippen LogP contribution in [-0.4, -0.2) is 61.3 Å². The molecule has 0 saturated carbocycles. The highest BCUT2D eigenvalue weighted by Gasteiger charge is 2.30. The fourth-order valence-electron chi connectivity index (χ4n) is 5.03. The molecule has 0 aromatic heterocycles. The minimum absolute atomic E-state index is 0.0512. The van der Waals surface area contributed by atoms with E-state index in [0.29, 0.717) is 36.7 Å². The third-order valence-electron chi connectivity index (χ3n) is 6.93. The second-order valence-electron chi connectivity index (χ2n) is 9.43. The van der Waals surface area contributed by atoms with E-state index < -0.39 is 6.10 Å². The predicted molar refractivity (Wildman–Crippen MR) is 144 cm³/mol. The fourth-order valence-corrected chi connectivity index (χ4v) is 5.28. The van der Waals surface area contributed by atoms with E-state index in [9.17, 15) is 9.90 Å². The van der Waals surface area contributed by atoms with Crippen LogP contribution in [0.4, 0.5) is 11.4 Å². The Kier molecular flexibility index (Phi) is 7.75. The molecule has 2 aliphatic heterocycles. The van der Waals surface area contributed by atoms with Crippen molar-refractivity contribution in [3.8, 4) is 5.75 Å². The molecule has 1 fully saturated rings. The topological polar surface area (TPSA) is 56.3 Å². The minimum atomic E-state index is -0.638. The number of fused-ring (bicyclic) bond motifs is 1. The number of aliphatic hydroxyl groups is 1. The van der Waals surface area contributed by atoms with Crippen LogP contribution in [0.2, 0.25) is 5.02 Å². The van der Waals surface area contributed by atoms with Gasteiger partial charge in [-0.25, -0.2) is 0 Å². The van der Waals surface area contributed by atoms with Gasteiger partial charge in [0, 0.05) is 49.9 Å². The molecule has 7 heteroatoms. The number of amides is 1. The molecule has 2 aliphatic rings. The number of β-amino-alcohol motifs (C(OH)–C–C–N with tert-alkyl or cyclic N) is 1. The molecule has 3 aromatic carbocycles. The number of hydrogen-bond acceptors (Lipinski definition) is 5. The van der Waals surface area contributed by atoms with Crippen molar-refractivity contribution in [3.05, 3.63) is 88.9 Å². The van der Waals surface area contributed by atoms with Crippen molar-refractivity contribution >= 4 is 28.9 Å². The van der Waals surface area contributed by atoms with Crippen molar-refractivity contribution in [3.63, 3.8) is 0 Å². The standard InChI is InChI=1S/C29H32ClN3O3/c30-26-12-13-27(29-25(26)11-14-28(35)33(29)19-22-7-3-1-4-8-22)36-21-24(34)20-31-15-17-32(18-16-31)23-9-5-2-6-10-23/h1-10,12-13,24,34H,11,14-21H2. The molecule has 3 aromatic rings. The van der Waals surface area contributed by atoms with Crippen LogP contribution in [0.5, 0.6) is 5.75 Å². The van der Waals surface area contributed by atoms with Crippen molar-refractivity contribution < 1.29 is 14.6 Å². The number of para-hydroxylation sites is 1. The summed E-state index contributed by atoms with van der Waals surface area (Å²) in [6.45, 7) is 4.80. The highest BCUT2D eigenvalue weighted by molar-refractivity contribution is 6.32. The van der Waals surface area contributed by atoms with Crippen molar-refractivity contribution in [2.24, 2.45) is 0 Å². The first-order valence-corrected chi connectivity index (χ1v) is 12.9. The van der Waals surface area contributed by atoms with Crippen LogP contribution in [0, 0.1) is 0 Å². The summed E-state index contributed by atoms with van der Waals surface area (Å²) in [4.78, 5) is 19.3. The first kappa shape index (κ1) is 24.6. The maximum absolute atomic E-state index is 12.9. The Hall–Kier alpha value is -3.06. The van der Waals surface area contributed by atoms with Crippen molar-refractivity contribution in [2.75, 3.05) is 49.1 Å². The Bertz CT molecular complexity index is 1170. The highest BCUT2D eigenvalue weighted by atomic mass is 35.5. The number of nitrogens with zero attached hydrogens (tertiary/aromatic N) is 3. The number of ether oxygens (including phenoxy) is 1. The third kappa shape index (κ3) is 5.67. The molecule has 1 atom stereocenters. The first-order chi connectivity index (χ1) is 17.6. The summed E-state index contributed by atoms with van der Waals surface area (Å²) in [6, 6.07) is 24.0. The summed E-state index contributed by atoms with van der Waals surface area (Å²) in [7, 11) is 0. The molecular formula is C29H32ClN3O3. The van der Waals surface area contributed by atoms with Gasteiger partial charge in [0.15, 0.2) is 0 Å². The lowest BCUT2D eigenvalue weighted by atomic mass is 9.99. The van der Waals surface area contributed by atoms with Crippen LogP contribution in [0.1, 0.15) is 17.5 Å². The van der Waals surface area contributed by atoms with E-state index in [1.165, 1.54) is 5.69 Å². The highest BCUT2D eigenvalue weighted by Crippen LogP contribution is 2.41. The lowest BCUT2D eigenvalue weighted by Crippen LogP contribution is -2.49. The maximum atomic E-state index is 12.9. The second-order valence-corrected chi connectivity index (χ2v) is 9.83. The lowest BCUT2D eigenvalue weighted by molar-refractivity contribution is -0.119. The molecule has 0 spiro atoms. The van der Waals surface area contributed by atoms with Crippen LogP contribution in [0.25, 0.3) is 0 Å². The summed E-state index contributed by atoms with van der Waals surface area (Å²) in [5.74, 6) is 0.640. The van der Waals surface area contributed by atoms with Gasteiger partial charge in [0.05, 0.1) is 12.2 Å². The van der Waals surface area contributed by atoms with Gasteiger partial charge in [-0.2, -0.15) is 0 Å². The monoisotopic (exact) mass is 505 g/mol. The summed E-state index contributed by atoms with van der Waals surface area (Å²) in [5.41, 5.74) is 3.94. The summed E-state index contributed by atoms with van der Waals surface area (Å²) < 4.78 is 6.13. The Balaban J connectivity index is 1.22. The molecule has 5 rings (SSSR count). The van der Waals surface area contributed by atoms with Crippen molar-refractivity contribution in [1.82, 2.24) is 4.90 Å². The summed E-state index contributed by atoms with van der Waals surface area (Å²) >= 11 is 6.52. The Morgan fingerprint density at radius 3 is 2.31 bits per heavy atom. The second kappa shape index (κ2) is 11.3. The molecule has 188 valence electrons. The van der Waals surface area contributed by atoms with E-state index in [2.05, 4.69) is 34.1 Å². The molecule has 0 bridgehead atoms. The average molecular weight is 506 g/mol. The molecule has 36 heavy (non-hydrogen) atoms. The molecule has 1 unspecified atom stereocenters. The van der Waals surface area contributed by atoms with Crippen molar-refractivity contribution in [2.45, 2.75) is 25.5 Å². The van der Waals surface area contributed by atoms with Gasteiger partial charge in [0.1, 0.15) is 18.5 Å². The molecular weight excluding hydrogens is 474 g/mol. The number of anilines is 2. The van der Waals surface area contributed by atoms with Gasteiger partial charge in [-0.3, -0.25) is 9.69 Å². The number of carbonyl (C=O) groups is 1. The first-order valence-electron chi connectivity index (χ1n) is 12.6. The number of rotatable bonds is 8. The maximum Gasteiger partial charge on any atom is 0.227 e. The van der Waals surface area contributed by atoms with Gasteiger partial charge in [-0.05, 0) is 41.8 Å². The van der Waals surface area contributed by atoms with E-state index in [4.69, 9.17) is 16.3 Å². The summed E-state index contributed by atoms with van der Waals surface area (Å²) in [5, 5.41) is 11.4. The number of piperazine rings is 1. The Labute approximate surface area is 217 Å². The molecule has 0 radical (unpaired) electrons. The normalized spacial score (nSPS) is 17.1. The third-order valence-corrected chi connectivity index (χ3v) is 7.28. The summed E-state index contributed by atoms with van der Waals surface area (Å²) in [6.07, 6.45) is 0.367. The van der Waals surface area contributed by atoms with Crippen LogP contribution in [-0.2, 0) is 17.8 Å². The van der Waals surface area contributed by atoms with E-state index in [1.54, 1.807) is 4.90 Å². The van der Waals surface area contributed by atoms with E-state index in [1.807, 2.05) is 48.5 Å². The predicted octanol–water partition coefficient (Wildman–Crippen LogP) is 4.38. The largest absolute Gasteiger partial charge is 0.489 e. The van der Waals surface area contributed by atoms with Gasteiger partial charge in [-0.1, -0.05) is 60.1 Å². The number of hydrogen-bond donors (Lipinski definition) is 1. The number of carbonyl (C=O) groups excluding carboxylic acids is 1. The molecule has 0 aliphatic carbocycles. The van der Waals surface area contributed by atoms with Crippen LogP contribution in [0.3, 0.4) is 0 Å². The van der Waals surface area contributed by atoms with Gasteiger partial charge < -0.3 is 19.6 Å².